The zero-order valence-electron chi connectivity index (χ0n) is 19.6. The third kappa shape index (κ3) is 4.17. The summed E-state index contributed by atoms with van der Waals surface area (Å²) >= 11 is 0. The number of carbonyl (C=O) groups is 2. The van der Waals surface area contributed by atoms with Gasteiger partial charge in [0, 0.05) is 12.6 Å². The second kappa shape index (κ2) is 10.1. The minimum Gasteiger partial charge on any atom is -0.497 e. The third-order valence-corrected chi connectivity index (χ3v) is 6.64. The van der Waals surface area contributed by atoms with Crippen LogP contribution in [0, 0.1) is 5.41 Å². The summed E-state index contributed by atoms with van der Waals surface area (Å²) in [5.74, 6) is -0.508. The van der Waals surface area contributed by atoms with Gasteiger partial charge in [-0.05, 0) is 35.2 Å². The lowest BCUT2D eigenvalue weighted by molar-refractivity contribution is -0.171. The molecule has 0 bridgehead atoms. The molecule has 1 fully saturated rings. The SMILES string of the molecule is COC(=O)C1(C(=O)OC)C[C@H](c2ccccc2)N(Cc2ccccc2)[C@@H]1c1ccc(OC)cc1. The number of nitrogens with zero attached hydrogens (tertiary/aromatic N) is 1. The maximum Gasteiger partial charge on any atom is 0.325 e. The van der Waals surface area contributed by atoms with E-state index in [4.69, 9.17) is 14.2 Å². The lowest BCUT2D eigenvalue weighted by Gasteiger charge is -2.35. The highest BCUT2D eigenvalue weighted by molar-refractivity contribution is 6.01. The third-order valence-electron chi connectivity index (χ3n) is 6.64. The van der Waals surface area contributed by atoms with E-state index in [-0.39, 0.29) is 12.5 Å². The van der Waals surface area contributed by atoms with Crippen molar-refractivity contribution in [1.82, 2.24) is 4.90 Å². The van der Waals surface area contributed by atoms with Crippen molar-refractivity contribution in [2.45, 2.75) is 25.0 Å². The molecule has 4 rings (SSSR count). The highest BCUT2D eigenvalue weighted by atomic mass is 16.5. The Morgan fingerprint density at radius 1 is 0.794 bits per heavy atom. The first-order chi connectivity index (χ1) is 16.5. The molecule has 34 heavy (non-hydrogen) atoms. The van der Waals surface area contributed by atoms with Gasteiger partial charge in [-0.3, -0.25) is 14.5 Å². The van der Waals surface area contributed by atoms with Crippen LogP contribution in [0.2, 0.25) is 0 Å². The Morgan fingerprint density at radius 3 is 1.88 bits per heavy atom. The van der Waals surface area contributed by atoms with Crippen LogP contribution in [0.5, 0.6) is 5.75 Å². The summed E-state index contributed by atoms with van der Waals surface area (Å²) in [6.07, 6.45) is 0.236. The molecule has 3 aromatic carbocycles. The summed E-state index contributed by atoms with van der Waals surface area (Å²) in [6, 6.07) is 26.6. The highest BCUT2D eigenvalue weighted by Crippen LogP contribution is 2.57. The molecule has 2 atom stereocenters. The summed E-state index contributed by atoms with van der Waals surface area (Å²) in [7, 11) is 4.23. The molecule has 0 amide bonds. The van der Waals surface area contributed by atoms with Gasteiger partial charge in [0.15, 0.2) is 5.41 Å². The Morgan fingerprint density at radius 2 is 1.35 bits per heavy atom. The Balaban J connectivity index is 1.93. The number of hydrogen-bond donors (Lipinski definition) is 0. The van der Waals surface area contributed by atoms with E-state index in [0.29, 0.717) is 12.3 Å². The van der Waals surface area contributed by atoms with Gasteiger partial charge in [-0.15, -0.1) is 0 Å². The molecule has 0 unspecified atom stereocenters. The molecule has 0 saturated carbocycles. The topological polar surface area (TPSA) is 65.1 Å². The monoisotopic (exact) mass is 459 g/mol. The molecular weight excluding hydrogens is 430 g/mol. The minimum atomic E-state index is -1.53. The fourth-order valence-corrected chi connectivity index (χ4v) is 5.08. The molecule has 6 heteroatoms. The molecule has 1 aliphatic heterocycles. The summed E-state index contributed by atoms with van der Waals surface area (Å²) in [6.45, 7) is 0.535. The number of carbonyl (C=O) groups excluding carboxylic acids is 2. The van der Waals surface area contributed by atoms with Crippen LogP contribution in [0.15, 0.2) is 84.9 Å². The van der Waals surface area contributed by atoms with E-state index in [1.165, 1.54) is 14.2 Å². The van der Waals surface area contributed by atoms with Gasteiger partial charge in [-0.25, -0.2) is 0 Å². The number of rotatable bonds is 7. The minimum absolute atomic E-state index is 0.216. The molecule has 3 aromatic rings. The van der Waals surface area contributed by atoms with Gasteiger partial charge in [0.05, 0.1) is 27.4 Å². The van der Waals surface area contributed by atoms with Crippen molar-refractivity contribution < 1.29 is 23.8 Å². The van der Waals surface area contributed by atoms with Gasteiger partial charge < -0.3 is 14.2 Å². The lowest BCUT2D eigenvalue weighted by atomic mass is 9.75. The molecular formula is C28H29NO5. The van der Waals surface area contributed by atoms with Crippen molar-refractivity contribution >= 4 is 11.9 Å². The van der Waals surface area contributed by atoms with Gasteiger partial charge in [0.2, 0.25) is 0 Å². The van der Waals surface area contributed by atoms with Crippen LogP contribution in [0.3, 0.4) is 0 Å². The van der Waals surface area contributed by atoms with Crippen LogP contribution in [-0.2, 0) is 25.6 Å². The van der Waals surface area contributed by atoms with E-state index < -0.39 is 23.4 Å². The largest absolute Gasteiger partial charge is 0.497 e. The molecule has 176 valence electrons. The van der Waals surface area contributed by atoms with Gasteiger partial charge in [-0.2, -0.15) is 0 Å². The molecule has 0 spiro atoms. The number of methoxy groups -OCH3 is 3. The molecule has 1 aliphatic rings. The van der Waals surface area contributed by atoms with E-state index in [1.54, 1.807) is 7.11 Å². The number of esters is 2. The van der Waals surface area contributed by atoms with E-state index in [0.717, 1.165) is 16.7 Å². The van der Waals surface area contributed by atoms with E-state index in [1.807, 2.05) is 84.9 Å². The van der Waals surface area contributed by atoms with Crippen LogP contribution in [0.1, 0.15) is 35.2 Å². The smallest absolute Gasteiger partial charge is 0.325 e. The first-order valence-corrected chi connectivity index (χ1v) is 11.2. The van der Waals surface area contributed by atoms with Crippen molar-refractivity contribution in [3.63, 3.8) is 0 Å². The predicted octanol–water partition coefficient (Wildman–Crippen LogP) is 4.72. The van der Waals surface area contributed by atoms with Crippen LogP contribution < -0.4 is 4.74 Å². The summed E-state index contributed by atoms with van der Waals surface area (Å²) < 4.78 is 15.8. The Labute approximate surface area is 200 Å². The molecule has 0 radical (unpaired) electrons. The van der Waals surface area contributed by atoms with Gasteiger partial charge in [0.1, 0.15) is 5.75 Å². The fourth-order valence-electron chi connectivity index (χ4n) is 5.08. The fraction of sp³-hybridized carbons (Fsp3) is 0.286. The molecule has 0 aromatic heterocycles. The second-order valence-electron chi connectivity index (χ2n) is 8.42. The zero-order chi connectivity index (χ0) is 24.1. The van der Waals surface area contributed by atoms with E-state index >= 15 is 0 Å². The van der Waals surface area contributed by atoms with Gasteiger partial charge in [-0.1, -0.05) is 72.8 Å². The van der Waals surface area contributed by atoms with Gasteiger partial charge >= 0.3 is 11.9 Å². The lowest BCUT2D eigenvalue weighted by Crippen LogP contribution is -2.45. The average Bonchev–Trinajstić information content (AvgIpc) is 3.24. The second-order valence-corrected chi connectivity index (χ2v) is 8.42. The first kappa shape index (κ1) is 23.5. The first-order valence-electron chi connectivity index (χ1n) is 11.2. The maximum absolute atomic E-state index is 13.4. The number of likely N-dealkylation sites (tertiary alicyclic amines) is 1. The Hall–Kier alpha value is -3.64. The summed E-state index contributed by atoms with van der Waals surface area (Å²) in [5.41, 5.74) is 1.37. The molecule has 6 nitrogen and oxygen atoms in total. The van der Waals surface area contributed by atoms with Crippen LogP contribution in [-0.4, -0.2) is 38.2 Å². The standard InChI is InChI=1S/C28H29NO5/c1-32-23-16-14-22(15-17-23)25-28(26(30)33-2,27(31)34-3)18-24(21-12-8-5-9-13-21)29(25)19-20-10-6-4-7-11-20/h4-17,24-25H,18-19H2,1-3H3/t24-,25-/m1/s1. The molecule has 0 aliphatic carbocycles. The number of hydrogen-bond acceptors (Lipinski definition) is 6. The van der Waals surface area contributed by atoms with Crippen molar-refractivity contribution in [2.75, 3.05) is 21.3 Å². The molecule has 1 saturated heterocycles. The summed E-state index contributed by atoms with van der Waals surface area (Å²) in [5, 5.41) is 0. The molecule has 1 heterocycles. The van der Waals surface area contributed by atoms with Crippen LogP contribution >= 0.6 is 0 Å². The maximum atomic E-state index is 13.4. The summed E-state index contributed by atoms with van der Waals surface area (Å²) in [4.78, 5) is 29.1. The van der Waals surface area contributed by atoms with Crippen LogP contribution in [0.25, 0.3) is 0 Å². The Kier molecular flexibility index (Phi) is 6.98. The van der Waals surface area contributed by atoms with Crippen molar-refractivity contribution in [2.24, 2.45) is 5.41 Å². The van der Waals surface area contributed by atoms with Crippen molar-refractivity contribution in [3.05, 3.63) is 102 Å². The van der Waals surface area contributed by atoms with Gasteiger partial charge in [0.25, 0.3) is 0 Å². The van der Waals surface area contributed by atoms with E-state index in [9.17, 15) is 9.59 Å². The highest BCUT2D eigenvalue weighted by Gasteiger charge is 2.64. The number of ether oxygens (including phenoxy) is 3. The van der Waals surface area contributed by atoms with Crippen molar-refractivity contribution in [1.29, 1.82) is 0 Å². The quantitative estimate of drug-likeness (QED) is 0.376. The van der Waals surface area contributed by atoms with Crippen molar-refractivity contribution in [3.8, 4) is 5.75 Å². The predicted molar refractivity (Wildman–Crippen MR) is 128 cm³/mol. The molecule has 0 N–H and O–H groups in total. The van der Waals surface area contributed by atoms with Crippen LogP contribution in [0.4, 0.5) is 0 Å². The number of benzene rings is 3. The average molecular weight is 460 g/mol. The zero-order valence-corrected chi connectivity index (χ0v) is 19.6. The van der Waals surface area contributed by atoms with E-state index in [2.05, 4.69) is 4.90 Å². The Bertz CT molecular complexity index is 1100. The normalized spacial score (nSPS) is 19.4.